The molecule has 2 rings (SSSR count). The zero-order chi connectivity index (χ0) is 20.2. The van der Waals surface area contributed by atoms with Gasteiger partial charge in [0, 0.05) is 6.08 Å². The van der Waals surface area contributed by atoms with E-state index in [1.807, 2.05) is 0 Å². The van der Waals surface area contributed by atoms with Crippen LogP contribution >= 0.6 is 0 Å². The van der Waals surface area contributed by atoms with Crippen molar-refractivity contribution in [2.45, 2.75) is 64.7 Å². The Morgan fingerprint density at radius 3 is 2.32 bits per heavy atom. The number of unbranched alkanes of at least 4 members (excludes halogenated alkanes) is 3. The first kappa shape index (κ1) is 22.3. The summed E-state index contributed by atoms with van der Waals surface area (Å²) in [6.07, 6.45) is 11.5. The van der Waals surface area contributed by atoms with Crippen molar-refractivity contribution in [3.05, 3.63) is 54.6 Å². The van der Waals surface area contributed by atoms with E-state index in [1.54, 1.807) is 0 Å². The van der Waals surface area contributed by atoms with Crippen molar-refractivity contribution in [3.63, 3.8) is 0 Å². The molecule has 1 aromatic carbocycles. The summed E-state index contributed by atoms with van der Waals surface area (Å²) in [5, 5.41) is 0. The zero-order valence-corrected chi connectivity index (χ0v) is 17.5. The maximum absolute atomic E-state index is 10.9. The molecular formula is C25H36O3. The molecule has 1 aromatic rings. The predicted octanol–water partition coefficient (Wildman–Crippen LogP) is 6.28. The Hall–Kier alpha value is -2.03. The van der Waals surface area contributed by atoms with Crippen molar-refractivity contribution >= 4 is 5.97 Å². The molecule has 1 aliphatic carbocycles. The molecule has 1 saturated carbocycles. The summed E-state index contributed by atoms with van der Waals surface area (Å²) in [5.74, 6) is 2.17. The molecule has 0 atom stereocenters. The molecule has 0 unspecified atom stereocenters. The Labute approximate surface area is 170 Å². The van der Waals surface area contributed by atoms with Crippen LogP contribution in [0.4, 0.5) is 0 Å². The Bertz CT molecular complexity index is 609. The topological polar surface area (TPSA) is 35.5 Å². The average molecular weight is 385 g/mol. The first-order valence-electron chi connectivity index (χ1n) is 10.8. The summed E-state index contributed by atoms with van der Waals surface area (Å²) in [6.45, 7) is 11.3. The van der Waals surface area contributed by atoms with Gasteiger partial charge in [-0.1, -0.05) is 50.6 Å². The maximum Gasteiger partial charge on any atom is 0.330 e. The highest BCUT2D eigenvalue weighted by Gasteiger charge is 2.20. The number of rotatable bonds is 12. The Morgan fingerprint density at radius 2 is 1.68 bits per heavy atom. The third-order valence-corrected chi connectivity index (χ3v) is 5.67. The van der Waals surface area contributed by atoms with E-state index in [9.17, 15) is 4.79 Å². The van der Waals surface area contributed by atoms with Crippen LogP contribution in [0.5, 0.6) is 5.75 Å². The van der Waals surface area contributed by atoms with Crippen LogP contribution < -0.4 is 4.74 Å². The van der Waals surface area contributed by atoms with Crippen LogP contribution in [0.25, 0.3) is 0 Å². The molecule has 3 heteroatoms. The molecule has 0 spiro atoms. The SMILES string of the molecule is C=CC(=O)OCCCCCCOc1ccc(CC(=C)C2CCC(C)CC2)cc1. The lowest BCUT2D eigenvalue weighted by Gasteiger charge is -2.27. The lowest BCUT2D eigenvalue weighted by molar-refractivity contribution is -0.137. The van der Waals surface area contributed by atoms with Crippen LogP contribution in [0.3, 0.4) is 0 Å². The third-order valence-electron chi connectivity index (χ3n) is 5.67. The van der Waals surface area contributed by atoms with Crippen molar-refractivity contribution in [2.24, 2.45) is 11.8 Å². The fourth-order valence-corrected chi connectivity index (χ4v) is 3.76. The van der Waals surface area contributed by atoms with Crippen LogP contribution in [0, 0.1) is 11.8 Å². The second-order valence-electron chi connectivity index (χ2n) is 8.07. The van der Waals surface area contributed by atoms with E-state index in [0.29, 0.717) is 12.5 Å². The monoisotopic (exact) mass is 384 g/mol. The molecule has 28 heavy (non-hydrogen) atoms. The van der Waals surface area contributed by atoms with Gasteiger partial charge in [0.15, 0.2) is 0 Å². The Morgan fingerprint density at radius 1 is 1.04 bits per heavy atom. The highest BCUT2D eigenvalue weighted by molar-refractivity contribution is 5.81. The minimum Gasteiger partial charge on any atom is -0.494 e. The second kappa shape index (κ2) is 12.4. The summed E-state index contributed by atoms with van der Waals surface area (Å²) in [7, 11) is 0. The van der Waals surface area contributed by atoms with Crippen LogP contribution in [0.15, 0.2) is 49.1 Å². The summed E-state index contributed by atoms with van der Waals surface area (Å²) in [5.41, 5.74) is 2.71. The van der Waals surface area contributed by atoms with Crippen molar-refractivity contribution in [1.29, 1.82) is 0 Å². The highest BCUT2D eigenvalue weighted by atomic mass is 16.5. The van der Waals surface area contributed by atoms with Gasteiger partial charge in [-0.3, -0.25) is 0 Å². The number of benzene rings is 1. The number of ether oxygens (including phenoxy) is 2. The highest BCUT2D eigenvalue weighted by Crippen LogP contribution is 2.33. The summed E-state index contributed by atoms with van der Waals surface area (Å²) in [6, 6.07) is 8.47. The van der Waals surface area contributed by atoms with Crippen LogP contribution in [-0.2, 0) is 16.0 Å². The van der Waals surface area contributed by atoms with Gasteiger partial charge < -0.3 is 9.47 Å². The van der Waals surface area contributed by atoms with Gasteiger partial charge in [0.2, 0.25) is 0 Å². The average Bonchev–Trinajstić information content (AvgIpc) is 2.71. The molecule has 3 nitrogen and oxygen atoms in total. The molecule has 1 aliphatic rings. The third kappa shape index (κ3) is 8.33. The molecule has 154 valence electrons. The van der Waals surface area contributed by atoms with Crippen molar-refractivity contribution in [3.8, 4) is 5.75 Å². The first-order valence-corrected chi connectivity index (χ1v) is 10.8. The smallest absolute Gasteiger partial charge is 0.330 e. The summed E-state index contributed by atoms with van der Waals surface area (Å²) < 4.78 is 10.8. The first-order chi connectivity index (χ1) is 13.6. The Balaban J connectivity index is 1.57. The van der Waals surface area contributed by atoms with Crippen molar-refractivity contribution < 1.29 is 14.3 Å². The lowest BCUT2D eigenvalue weighted by atomic mass is 9.78. The van der Waals surface area contributed by atoms with Crippen LogP contribution in [0.1, 0.15) is 63.9 Å². The molecule has 0 bridgehead atoms. The van der Waals surface area contributed by atoms with Crippen LogP contribution in [-0.4, -0.2) is 19.2 Å². The minimum absolute atomic E-state index is 0.344. The van der Waals surface area contributed by atoms with Gasteiger partial charge >= 0.3 is 5.97 Å². The number of allylic oxidation sites excluding steroid dienone is 1. The number of carbonyl (C=O) groups is 1. The van der Waals surface area contributed by atoms with Gasteiger partial charge in [0.1, 0.15) is 5.75 Å². The van der Waals surface area contributed by atoms with Gasteiger partial charge in [0.05, 0.1) is 13.2 Å². The van der Waals surface area contributed by atoms with Crippen molar-refractivity contribution in [2.75, 3.05) is 13.2 Å². The zero-order valence-electron chi connectivity index (χ0n) is 17.5. The molecule has 0 aromatic heterocycles. The molecular weight excluding hydrogens is 348 g/mol. The molecule has 0 radical (unpaired) electrons. The fraction of sp³-hybridized carbons (Fsp3) is 0.560. The largest absolute Gasteiger partial charge is 0.494 e. The molecule has 0 amide bonds. The lowest BCUT2D eigenvalue weighted by Crippen LogP contribution is -2.14. The molecule has 0 aliphatic heterocycles. The van der Waals surface area contributed by atoms with Crippen LogP contribution in [0.2, 0.25) is 0 Å². The molecule has 0 heterocycles. The normalized spacial score (nSPS) is 19.0. The number of esters is 1. The van der Waals surface area contributed by atoms with Gasteiger partial charge in [-0.15, -0.1) is 0 Å². The predicted molar refractivity (Wildman–Crippen MR) is 116 cm³/mol. The Kier molecular flexibility index (Phi) is 9.88. The molecule has 1 fully saturated rings. The van der Waals surface area contributed by atoms with E-state index in [-0.39, 0.29) is 5.97 Å². The number of hydrogen-bond donors (Lipinski definition) is 0. The van der Waals surface area contributed by atoms with E-state index < -0.39 is 0 Å². The minimum atomic E-state index is -0.344. The second-order valence-corrected chi connectivity index (χ2v) is 8.07. The maximum atomic E-state index is 10.9. The van der Waals surface area contributed by atoms with E-state index in [1.165, 1.54) is 42.9 Å². The molecule has 0 saturated heterocycles. The van der Waals surface area contributed by atoms with Gasteiger partial charge in [-0.2, -0.15) is 0 Å². The number of hydrogen-bond acceptors (Lipinski definition) is 3. The van der Waals surface area contributed by atoms with Crippen molar-refractivity contribution in [1.82, 2.24) is 0 Å². The number of carbonyl (C=O) groups excluding carboxylic acids is 1. The van der Waals surface area contributed by atoms with Gasteiger partial charge in [-0.25, -0.2) is 4.79 Å². The standard InChI is InChI=1S/C25H36O3/c1-4-25(26)28-18-8-6-5-7-17-27-24-15-11-22(12-16-24)19-21(3)23-13-9-20(2)10-14-23/h4,11-12,15-16,20,23H,1,3,5-10,13-14,17-19H2,2H3. The summed E-state index contributed by atoms with van der Waals surface area (Å²) in [4.78, 5) is 10.9. The quantitative estimate of drug-likeness (QED) is 0.184. The van der Waals surface area contributed by atoms with Gasteiger partial charge in [-0.05, 0) is 74.5 Å². The van der Waals surface area contributed by atoms with E-state index in [2.05, 4.69) is 44.3 Å². The summed E-state index contributed by atoms with van der Waals surface area (Å²) >= 11 is 0. The van der Waals surface area contributed by atoms with E-state index in [0.717, 1.165) is 50.4 Å². The molecule has 0 N–H and O–H groups in total. The van der Waals surface area contributed by atoms with E-state index >= 15 is 0 Å². The van der Waals surface area contributed by atoms with Gasteiger partial charge in [0.25, 0.3) is 0 Å². The van der Waals surface area contributed by atoms with E-state index in [4.69, 9.17) is 9.47 Å². The fourth-order valence-electron chi connectivity index (χ4n) is 3.76.